The van der Waals surface area contributed by atoms with Crippen molar-refractivity contribution >= 4 is 11.9 Å². The predicted octanol–water partition coefficient (Wildman–Crippen LogP) is 4.72. The molecular formula is C32H42O8. The molecule has 6 rings (SSSR count). The summed E-state index contributed by atoms with van der Waals surface area (Å²) in [6.07, 6.45) is 4.37. The van der Waals surface area contributed by atoms with E-state index in [1.807, 2.05) is 6.07 Å². The Kier molecular flexibility index (Phi) is 6.45. The van der Waals surface area contributed by atoms with Gasteiger partial charge in [0.1, 0.15) is 6.10 Å². The van der Waals surface area contributed by atoms with E-state index in [-0.39, 0.29) is 54.9 Å². The van der Waals surface area contributed by atoms with Crippen LogP contribution in [0.15, 0.2) is 45.8 Å². The van der Waals surface area contributed by atoms with Crippen LogP contribution in [0.4, 0.5) is 0 Å². The Balaban J connectivity index is 1.54. The molecule has 1 N–H and O–H groups in total. The Morgan fingerprint density at radius 2 is 1.98 bits per heavy atom. The Labute approximate surface area is 236 Å². The molecule has 8 heteroatoms. The van der Waals surface area contributed by atoms with Gasteiger partial charge in [-0.2, -0.15) is 0 Å². The maximum atomic E-state index is 13.2. The molecule has 0 amide bonds. The van der Waals surface area contributed by atoms with Crippen molar-refractivity contribution in [1.29, 1.82) is 0 Å². The lowest BCUT2D eigenvalue weighted by atomic mass is 9.40. The number of hydrogen-bond acceptors (Lipinski definition) is 8. The topological polar surface area (TPSA) is 104 Å². The summed E-state index contributed by atoms with van der Waals surface area (Å²) < 4.78 is 30.5. The second kappa shape index (κ2) is 9.30. The summed E-state index contributed by atoms with van der Waals surface area (Å²) in [4.78, 5) is 26.4. The van der Waals surface area contributed by atoms with E-state index in [2.05, 4.69) is 27.7 Å². The minimum Gasteiger partial charge on any atom is -0.472 e. The molecule has 40 heavy (non-hydrogen) atoms. The summed E-state index contributed by atoms with van der Waals surface area (Å²) in [5, 5.41) is 11.5. The number of aliphatic hydroxyl groups excluding tert-OH is 1. The van der Waals surface area contributed by atoms with E-state index < -0.39 is 34.4 Å². The molecular weight excluding hydrogens is 512 g/mol. The molecule has 3 heterocycles. The molecule has 5 aliphatic rings. The SMILES string of the molecule is CC=C(C)C(=O)OC1CC(O)[C@@]2(C)COC3C4OC5CC(c6ccoc6)C(C)=C5[C@@]4(C)C(CC(=O)OC)[C@]1(C)C32. The van der Waals surface area contributed by atoms with Crippen LogP contribution in [-0.2, 0) is 28.5 Å². The molecule has 3 aliphatic carbocycles. The molecule has 4 fully saturated rings. The van der Waals surface area contributed by atoms with Crippen LogP contribution in [0.5, 0.6) is 0 Å². The van der Waals surface area contributed by atoms with E-state index in [1.165, 1.54) is 18.3 Å². The van der Waals surface area contributed by atoms with Crippen molar-refractivity contribution in [2.75, 3.05) is 13.7 Å². The number of esters is 2. The van der Waals surface area contributed by atoms with Gasteiger partial charge in [-0.1, -0.05) is 32.4 Å². The van der Waals surface area contributed by atoms with Crippen LogP contribution in [0.25, 0.3) is 0 Å². The molecule has 1 aromatic rings. The first-order valence-corrected chi connectivity index (χ1v) is 14.5. The fourth-order valence-electron chi connectivity index (χ4n) is 9.66. The third kappa shape index (κ3) is 3.48. The molecule has 1 aromatic heterocycles. The number of allylic oxidation sites excluding steroid dienone is 2. The van der Waals surface area contributed by atoms with Crippen molar-refractivity contribution in [3.05, 3.63) is 47.0 Å². The normalized spacial score (nSPS) is 45.6. The molecule has 2 saturated heterocycles. The fraction of sp³-hybridized carbons (Fsp3) is 0.688. The summed E-state index contributed by atoms with van der Waals surface area (Å²) in [5.41, 5.74) is 2.24. The average molecular weight is 555 g/mol. The number of rotatable bonds is 5. The Hall–Kier alpha value is -2.42. The lowest BCUT2D eigenvalue weighted by Gasteiger charge is -2.65. The van der Waals surface area contributed by atoms with E-state index in [1.54, 1.807) is 32.4 Å². The second-order valence-corrected chi connectivity index (χ2v) is 13.3. The number of hydrogen-bond donors (Lipinski definition) is 1. The van der Waals surface area contributed by atoms with Gasteiger partial charge in [-0.3, -0.25) is 4.79 Å². The monoisotopic (exact) mass is 554 g/mol. The Morgan fingerprint density at radius 1 is 1.23 bits per heavy atom. The number of ether oxygens (including phenoxy) is 4. The van der Waals surface area contributed by atoms with Crippen molar-refractivity contribution in [2.24, 2.45) is 28.1 Å². The number of furan rings is 1. The summed E-state index contributed by atoms with van der Waals surface area (Å²) in [6, 6.07) is 2.01. The third-order valence-corrected chi connectivity index (χ3v) is 11.7. The van der Waals surface area contributed by atoms with Gasteiger partial charge in [0, 0.05) is 46.5 Å². The van der Waals surface area contributed by atoms with Crippen LogP contribution in [0, 0.1) is 28.1 Å². The fourth-order valence-corrected chi connectivity index (χ4v) is 9.66. The summed E-state index contributed by atoms with van der Waals surface area (Å²) >= 11 is 0. The van der Waals surface area contributed by atoms with Gasteiger partial charge >= 0.3 is 11.9 Å². The molecule has 0 spiro atoms. The summed E-state index contributed by atoms with van der Waals surface area (Å²) in [7, 11) is 1.42. The van der Waals surface area contributed by atoms with Gasteiger partial charge in [-0.05, 0) is 50.3 Å². The van der Waals surface area contributed by atoms with E-state index in [9.17, 15) is 14.7 Å². The summed E-state index contributed by atoms with van der Waals surface area (Å²) in [6.45, 7) is 12.5. The van der Waals surface area contributed by atoms with Gasteiger partial charge in [0.15, 0.2) is 0 Å². The van der Waals surface area contributed by atoms with Gasteiger partial charge in [-0.15, -0.1) is 0 Å². The maximum absolute atomic E-state index is 13.2. The van der Waals surface area contributed by atoms with Gasteiger partial charge in [0.05, 0.1) is 50.7 Å². The highest BCUT2D eigenvalue weighted by atomic mass is 16.6. The van der Waals surface area contributed by atoms with Crippen molar-refractivity contribution in [3.8, 4) is 0 Å². The standard InChI is InChI=1S/C32H42O8/c1-8-16(2)29(35)40-23-13-22(33)30(4)15-38-26-27(30)31(23,5)21(12-24(34)36-7)32(6)25-17(3)19(18-9-10-37-14-18)11-20(25)39-28(26)32/h8-10,14,19-23,26-28,33H,11-13,15H2,1-7H3/t19?,20?,21?,22?,23?,26?,27?,28?,30-,31+,32-/m1/s1. The third-order valence-electron chi connectivity index (χ3n) is 11.7. The average Bonchev–Trinajstić information content (AvgIpc) is 3.70. The van der Waals surface area contributed by atoms with Crippen LogP contribution in [0.1, 0.15) is 72.3 Å². The predicted molar refractivity (Wildman–Crippen MR) is 145 cm³/mol. The smallest absolute Gasteiger partial charge is 0.333 e. The van der Waals surface area contributed by atoms with Gasteiger partial charge in [0.2, 0.25) is 0 Å². The summed E-state index contributed by atoms with van der Waals surface area (Å²) in [5.74, 6) is -1.02. The van der Waals surface area contributed by atoms with Gasteiger partial charge < -0.3 is 28.5 Å². The van der Waals surface area contributed by atoms with Gasteiger partial charge in [0.25, 0.3) is 0 Å². The van der Waals surface area contributed by atoms with Crippen LogP contribution < -0.4 is 0 Å². The van der Waals surface area contributed by atoms with Crippen molar-refractivity contribution in [3.63, 3.8) is 0 Å². The minimum absolute atomic E-state index is 0.120. The molecule has 2 aliphatic heterocycles. The van der Waals surface area contributed by atoms with E-state index >= 15 is 0 Å². The zero-order valence-corrected chi connectivity index (χ0v) is 24.6. The largest absolute Gasteiger partial charge is 0.472 e. The van der Waals surface area contributed by atoms with Gasteiger partial charge in [-0.25, -0.2) is 4.79 Å². The molecule has 0 aromatic carbocycles. The van der Waals surface area contributed by atoms with Crippen LogP contribution in [0.3, 0.4) is 0 Å². The van der Waals surface area contributed by atoms with Crippen molar-refractivity contribution < 1.29 is 38.1 Å². The number of aliphatic hydroxyl groups is 1. The van der Waals surface area contributed by atoms with Crippen molar-refractivity contribution in [2.45, 2.75) is 97.2 Å². The molecule has 8 nitrogen and oxygen atoms in total. The number of carbonyl (C=O) groups excluding carboxylic acids is 2. The highest BCUT2D eigenvalue weighted by molar-refractivity contribution is 5.87. The number of fused-ring (bicyclic) bond motifs is 4. The molecule has 8 unspecified atom stereocenters. The molecule has 11 atom stereocenters. The first kappa shape index (κ1) is 27.7. The van der Waals surface area contributed by atoms with E-state index in [4.69, 9.17) is 23.4 Å². The first-order valence-electron chi connectivity index (χ1n) is 14.5. The van der Waals surface area contributed by atoms with Crippen LogP contribution >= 0.6 is 0 Å². The minimum atomic E-state index is -0.727. The number of methoxy groups -OCH3 is 1. The van der Waals surface area contributed by atoms with Crippen LogP contribution in [0.2, 0.25) is 0 Å². The van der Waals surface area contributed by atoms with E-state index in [0.717, 1.165) is 12.0 Å². The zero-order valence-electron chi connectivity index (χ0n) is 24.6. The molecule has 0 bridgehead atoms. The highest BCUT2D eigenvalue weighted by Crippen LogP contribution is 2.73. The maximum Gasteiger partial charge on any atom is 0.333 e. The lowest BCUT2D eigenvalue weighted by molar-refractivity contribution is -0.248. The highest BCUT2D eigenvalue weighted by Gasteiger charge is 2.78. The lowest BCUT2D eigenvalue weighted by Crippen LogP contribution is -2.70. The first-order chi connectivity index (χ1) is 18.9. The molecule has 2 saturated carbocycles. The van der Waals surface area contributed by atoms with Crippen LogP contribution in [-0.4, -0.2) is 61.3 Å². The molecule has 0 radical (unpaired) electrons. The Bertz CT molecular complexity index is 1260. The zero-order chi connectivity index (χ0) is 28.8. The Morgan fingerprint density at radius 3 is 2.62 bits per heavy atom. The molecule has 218 valence electrons. The quantitative estimate of drug-likeness (QED) is 0.317. The van der Waals surface area contributed by atoms with Crippen molar-refractivity contribution in [1.82, 2.24) is 0 Å². The van der Waals surface area contributed by atoms with E-state index in [0.29, 0.717) is 12.2 Å². The number of carbonyl (C=O) groups is 2. The second-order valence-electron chi connectivity index (χ2n) is 13.3.